The molecule has 0 bridgehead atoms. The third-order valence-corrected chi connectivity index (χ3v) is 6.13. The topological polar surface area (TPSA) is 116 Å². The van der Waals surface area contributed by atoms with E-state index >= 15 is 0 Å². The predicted molar refractivity (Wildman–Crippen MR) is 143 cm³/mol. The number of benzene rings is 3. The van der Waals surface area contributed by atoms with Crippen LogP contribution in [0.5, 0.6) is 11.5 Å². The van der Waals surface area contributed by atoms with E-state index in [0.29, 0.717) is 33.6 Å². The maximum absolute atomic E-state index is 13.5. The first-order chi connectivity index (χ1) is 17.9. The predicted octanol–water partition coefficient (Wildman–Crippen LogP) is 5.31. The third-order valence-electron chi connectivity index (χ3n) is 5.64. The first kappa shape index (κ1) is 24.3. The quantitative estimate of drug-likeness (QED) is 0.267. The monoisotopic (exact) mass is 561 g/mol. The summed E-state index contributed by atoms with van der Waals surface area (Å²) in [5.41, 5.74) is 1.13. The number of carboxylic acids is 1. The van der Waals surface area contributed by atoms with Crippen LogP contribution < -0.4 is 15.0 Å². The van der Waals surface area contributed by atoms with Gasteiger partial charge >= 0.3 is 5.97 Å². The van der Waals surface area contributed by atoms with Crippen molar-refractivity contribution in [1.29, 1.82) is 0 Å². The highest BCUT2D eigenvalue weighted by atomic mass is 79.9. The summed E-state index contributed by atoms with van der Waals surface area (Å²) >= 11 is 3.46. The van der Waals surface area contributed by atoms with E-state index in [9.17, 15) is 14.7 Å². The van der Waals surface area contributed by atoms with Crippen molar-refractivity contribution in [3.8, 4) is 23.1 Å². The molecule has 0 aliphatic rings. The van der Waals surface area contributed by atoms with Gasteiger partial charge < -0.3 is 19.0 Å². The Morgan fingerprint density at radius 3 is 2.76 bits per heavy atom. The minimum Gasteiger partial charge on any atom is -0.493 e. The van der Waals surface area contributed by atoms with Gasteiger partial charge in [0.15, 0.2) is 23.4 Å². The minimum absolute atomic E-state index is 0.181. The summed E-state index contributed by atoms with van der Waals surface area (Å²) in [6.45, 7) is 1.41. The Morgan fingerprint density at radius 2 is 1.97 bits per heavy atom. The van der Waals surface area contributed by atoms with Crippen LogP contribution in [0.4, 0.5) is 0 Å². The zero-order valence-electron chi connectivity index (χ0n) is 19.7. The van der Waals surface area contributed by atoms with Crippen LogP contribution in [0.1, 0.15) is 12.5 Å². The Hall–Kier alpha value is -4.44. The second kappa shape index (κ2) is 9.90. The van der Waals surface area contributed by atoms with Gasteiger partial charge in [-0.3, -0.25) is 4.79 Å². The van der Waals surface area contributed by atoms with Gasteiger partial charge in [0.05, 0.1) is 24.2 Å². The molecular formula is C27H20BrN3O6. The number of hydrogen-bond acceptors (Lipinski definition) is 7. The van der Waals surface area contributed by atoms with Crippen LogP contribution in [-0.2, 0) is 4.79 Å². The fourth-order valence-electron chi connectivity index (χ4n) is 3.78. The highest BCUT2D eigenvalue weighted by Crippen LogP contribution is 2.32. The Morgan fingerprint density at radius 1 is 1.16 bits per heavy atom. The molecule has 0 spiro atoms. The van der Waals surface area contributed by atoms with Gasteiger partial charge in [-0.05, 0) is 55.5 Å². The smallest absolute Gasteiger partial charge is 0.344 e. The molecule has 0 radical (unpaired) electrons. The standard InChI is InChI=1S/C27H20BrN3O6/c1-15(27(33)34)36-24-16(6-5-9-22(24)35-2)14-29-31-25(30-20-8-4-3-7-19(20)26(31)32)23-13-17-12-18(28)10-11-21(17)37-23/h3-15H,1-2H3,(H,33,34)/t15-/m1/s1. The van der Waals surface area contributed by atoms with E-state index in [2.05, 4.69) is 26.0 Å². The molecule has 0 amide bonds. The van der Waals surface area contributed by atoms with Gasteiger partial charge in [-0.1, -0.05) is 34.1 Å². The number of hydrogen-bond donors (Lipinski definition) is 1. The number of halogens is 1. The number of aliphatic carboxylic acids is 1. The summed E-state index contributed by atoms with van der Waals surface area (Å²) in [6.07, 6.45) is 0.256. The normalized spacial score (nSPS) is 12.3. The lowest BCUT2D eigenvalue weighted by Gasteiger charge is -2.16. The van der Waals surface area contributed by atoms with Gasteiger partial charge in [0.25, 0.3) is 5.56 Å². The van der Waals surface area contributed by atoms with Gasteiger partial charge in [0, 0.05) is 15.4 Å². The van der Waals surface area contributed by atoms with Crippen molar-refractivity contribution in [2.45, 2.75) is 13.0 Å². The maximum Gasteiger partial charge on any atom is 0.344 e. The number of furan rings is 1. The first-order valence-corrected chi connectivity index (χ1v) is 12.0. The van der Waals surface area contributed by atoms with Crippen LogP contribution in [0.15, 0.2) is 85.5 Å². The Labute approximate surface area is 218 Å². The van der Waals surface area contributed by atoms with Crippen LogP contribution >= 0.6 is 15.9 Å². The molecule has 0 aliphatic carbocycles. The number of para-hydroxylation sites is 2. The zero-order valence-corrected chi connectivity index (χ0v) is 21.3. The van der Waals surface area contributed by atoms with Crippen molar-refractivity contribution < 1.29 is 23.8 Å². The molecule has 0 fully saturated rings. The summed E-state index contributed by atoms with van der Waals surface area (Å²) in [5, 5.41) is 15.0. The van der Waals surface area contributed by atoms with Gasteiger partial charge in [-0.25, -0.2) is 9.78 Å². The molecular weight excluding hydrogens is 542 g/mol. The second-order valence-electron chi connectivity index (χ2n) is 8.08. The van der Waals surface area contributed by atoms with Crippen molar-refractivity contribution in [2.75, 3.05) is 7.11 Å². The highest BCUT2D eigenvalue weighted by molar-refractivity contribution is 9.10. The summed E-state index contributed by atoms with van der Waals surface area (Å²) in [5.74, 6) is -0.0708. The summed E-state index contributed by atoms with van der Waals surface area (Å²) in [7, 11) is 1.45. The molecule has 0 saturated carbocycles. The largest absolute Gasteiger partial charge is 0.493 e. The molecule has 0 saturated heterocycles. The lowest BCUT2D eigenvalue weighted by atomic mass is 10.2. The first-order valence-electron chi connectivity index (χ1n) is 11.2. The van der Waals surface area contributed by atoms with Crippen LogP contribution in [0.3, 0.4) is 0 Å². The number of nitrogens with zero attached hydrogens (tertiary/aromatic N) is 3. The van der Waals surface area contributed by atoms with Gasteiger partial charge in [-0.15, -0.1) is 0 Å². The Balaban J connectivity index is 1.69. The fraction of sp³-hybridized carbons (Fsp3) is 0.111. The number of carboxylic acid groups (broad SMARTS) is 1. The van der Waals surface area contributed by atoms with E-state index in [1.807, 2.05) is 18.2 Å². The summed E-state index contributed by atoms with van der Waals surface area (Å²) < 4.78 is 19.1. The maximum atomic E-state index is 13.5. The van der Waals surface area contributed by atoms with Crippen LogP contribution in [0, 0.1) is 0 Å². The van der Waals surface area contributed by atoms with E-state index in [4.69, 9.17) is 13.9 Å². The molecule has 5 aromatic rings. The minimum atomic E-state index is -1.14. The highest BCUT2D eigenvalue weighted by Gasteiger charge is 2.19. The molecule has 5 rings (SSSR count). The van der Waals surface area contributed by atoms with Gasteiger partial charge in [0.2, 0.25) is 5.82 Å². The molecule has 2 heterocycles. The number of fused-ring (bicyclic) bond motifs is 2. The number of rotatable bonds is 7. The lowest BCUT2D eigenvalue weighted by molar-refractivity contribution is -0.144. The molecule has 1 atom stereocenters. The molecule has 1 N–H and O–H groups in total. The zero-order chi connectivity index (χ0) is 26.1. The van der Waals surface area contributed by atoms with Crippen molar-refractivity contribution in [3.05, 3.63) is 87.1 Å². The van der Waals surface area contributed by atoms with E-state index in [0.717, 1.165) is 14.5 Å². The van der Waals surface area contributed by atoms with Crippen molar-refractivity contribution >= 4 is 50.0 Å². The van der Waals surface area contributed by atoms with E-state index < -0.39 is 17.6 Å². The van der Waals surface area contributed by atoms with Crippen LogP contribution in [-0.4, -0.2) is 40.2 Å². The van der Waals surface area contributed by atoms with E-state index in [1.54, 1.807) is 48.5 Å². The molecule has 0 aliphatic heterocycles. The molecule has 9 nitrogen and oxygen atoms in total. The van der Waals surface area contributed by atoms with Crippen molar-refractivity contribution in [3.63, 3.8) is 0 Å². The van der Waals surface area contributed by atoms with Gasteiger partial charge in [0.1, 0.15) is 5.58 Å². The summed E-state index contributed by atoms with van der Waals surface area (Å²) in [6, 6.07) is 19.4. The summed E-state index contributed by atoms with van der Waals surface area (Å²) in [4.78, 5) is 29.6. The molecule has 2 aromatic heterocycles. The average molecular weight is 562 g/mol. The molecule has 0 unspecified atom stereocenters. The van der Waals surface area contributed by atoms with Gasteiger partial charge in [-0.2, -0.15) is 9.78 Å². The lowest BCUT2D eigenvalue weighted by Crippen LogP contribution is -2.24. The third kappa shape index (κ3) is 4.70. The van der Waals surface area contributed by atoms with E-state index in [-0.39, 0.29) is 11.6 Å². The number of ether oxygens (including phenoxy) is 2. The number of aromatic nitrogens is 2. The van der Waals surface area contributed by atoms with Crippen LogP contribution in [0.25, 0.3) is 33.5 Å². The average Bonchev–Trinajstić information content (AvgIpc) is 3.31. The fourth-order valence-corrected chi connectivity index (χ4v) is 4.16. The Kier molecular flexibility index (Phi) is 6.49. The molecule has 10 heteroatoms. The van der Waals surface area contributed by atoms with Crippen molar-refractivity contribution in [2.24, 2.45) is 5.10 Å². The second-order valence-corrected chi connectivity index (χ2v) is 9.00. The Bertz CT molecular complexity index is 1740. The number of carbonyl (C=O) groups is 1. The number of methoxy groups -OCH3 is 1. The van der Waals surface area contributed by atoms with Crippen LogP contribution in [0.2, 0.25) is 0 Å². The molecule has 186 valence electrons. The molecule has 37 heavy (non-hydrogen) atoms. The SMILES string of the molecule is COc1cccc(C=Nn2c(-c3cc4cc(Br)ccc4o3)nc3ccccc3c2=O)c1O[C@H](C)C(=O)O. The molecule has 3 aromatic carbocycles. The van der Waals surface area contributed by atoms with E-state index in [1.165, 1.54) is 20.2 Å². The van der Waals surface area contributed by atoms with Crippen molar-refractivity contribution in [1.82, 2.24) is 9.66 Å².